The number of carbonyl (C=O) groups excluding carboxylic acids is 1. The van der Waals surface area contributed by atoms with Gasteiger partial charge in [0.1, 0.15) is 12.7 Å². The van der Waals surface area contributed by atoms with Crippen molar-refractivity contribution in [2.45, 2.75) is 11.8 Å². The Morgan fingerprint density at radius 1 is 1.22 bits per heavy atom. The molecule has 0 saturated heterocycles. The molecule has 0 atom stereocenters. The molecule has 0 saturated carbocycles. The molecule has 0 fully saturated rings. The third-order valence-corrected chi connectivity index (χ3v) is 4.09. The maximum atomic E-state index is 12.0. The van der Waals surface area contributed by atoms with Crippen molar-refractivity contribution in [2.24, 2.45) is 0 Å². The van der Waals surface area contributed by atoms with Crippen LogP contribution in [0.3, 0.4) is 0 Å². The van der Waals surface area contributed by atoms with Gasteiger partial charge in [0, 0.05) is 4.90 Å². The summed E-state index contributed by atoms with van der Waals surface area (Å²) in [6.07, 6.45) is 4.62. The first-order valence-corrected chi connectivity index (χ1v) is 8.00. The Kier molecular flexibility index (Phi) is 4.68. The molecule has 0 bridgehead atoms. The fourth-order valence-electron chi connectivity index (χ4n) is 1.90. The molecule has 3 aromatic rings. The van der Waals surface area contributed by atoms with Crippen LogP contribution in [0.1, 0.15) is 5.56 Å². The SMILES string of the molecule is Cc1ccc(SCC(=O)Nc2ccc(-n3cncn3)nc2)cc1. The average Bonchev–Trinajstić information content (AvgIpc) is 3.09. The first-order chi connectivity index (χ1) is 11.2. The number of nitrogens with one attached hydrogen (secondary N) is 1. The summed E-state index contributed by atoms with van der Waals surface area (Å²) in [6, 6.07) is 11.7. The fourth-order valence-corrected chi connectivity index (χ4v) is 2.60. The Bertz CT molecular complexity index is 769. The summed E-state index contributed by atoms with van der Waals surface area (Å²) in [7, 11) is 0. The Labute approximate surface area is 138 Å². The van der Waals surface area contributed by atoms with Crippen LogP contribution < -0.4 is 5.32 Å². The number of nitrogens with zero attached hydrogens (tertiary/aromatic N) is 4. The highest BCUT2D eigenvalue weighted by atomic mass is 32.2. The lowest BCUT2D eigenvalue weighted by Crippen LogP contribution is -2.14. The van der Waals surface area contributed by atoms with Gasteiger partial charge in [-0.05, 0) is 31.2 Å². The van der Waals surface area contributed by atoms with Crippen LogP contribution in [0.25, 0.3) is 5.82 Å². The van der Waals surface area contributed by atoms with Crippen LogP contribution in [0.5, 0.6) is 0 Å². The summed E-state index contributed by atoms with van der Waals surface area (Å²) >= 11 is 1.50. The summed E-state index contributed by atoms with van der Waals surface area (Å²) in [5.41, 5.74) is 1.86. The van der Waals surface area contributed by atoms with Crippen molar-refractivity contribution in [3.8, 4) is 5.82 Å². The van der Waals surface area contributed by atoms with Gasteiger partial charge < -0.3 is 5.32 Å². The van der Waals surface area contributed by atoms with Gasteiger partial charge in [-0.15, -0.1) is 11.8 Å². The highest BCUT2D eigenvalue weighted by molar-refractivity contribution is 8.00. The number of pyridine rings is 1. The number of carbonyl (C=O) groups is 1. The average molecular weight is 325 g/mol. The van der Waals surface area contributed by atoms with Crippen molar-refractivity contribution in [3.63, 3.8) is 0 Å². The van der Waals surface area contributed by atoms with E-state index in [-0.39, 0.29) is 5.91 Å². The van der Waals surface area contributed by atoms with Gasteiger partial charge in [-0.2, -0.15) is 5.10 Å². The molecular weight excluding hydrogens is 310 g/mol. The number of aryl methyl sites for hydroxylation is 1. The molecule has 0 spiro atoms. The summed E-state index contributed by atoms with van der Waals surface area (Å²) < 4.78 is 1.55. The molecule has 116 valence electrons. The highest BCUT2D eigenvalue weighted by Crippen LogP contribution is 2.18. The quantitative estimate of drug-likeness (QED) is 0.730. The van der Waals surface area contributed by atoms with Gasteiger partial charge in [-0.1, -0.05) is 17.7 Å². The molecule has 1 aromatic carbocycles. The Morgan fingerprint density at radius 2 is 2.04 bits per heavy atom. The summed E-state index contributed by atoms with van der Waals surface area (Å²) in [5, 5.41) is 6.83. The minimum Gasteiger partial charge on any atom is -0.324 e. The van der Waals surface area contributed by atoms with Gasteiger partial charge >= 0.3 is 0 Å². The van der Waals surface area contributed by atoms with Crippen molar-refractivity contribution >= 4 is 23.4 Å². The lowest BCUT2D eigenvalue weighted by Gasteiger charge is -2.06. The van der Waals surface area contributed by atoms with E-state index in [4.69, 9.17) is 0 Å². The van der Waals surface area contributed by atoms with Gasteiger partial charge in [0.15, 0.2) is 5.82 Å². The molecule has 0 unspecified atom stereocenters. The van der Waals surface area contributed by atoms with Crippen LogP contribution in [0.2, 0.25) is 0 Å². The predicted octanol–water partition coefficient (Wildman–Crippen LogP) is 2.70. The van der Waals surface area contributed by atoms with Crippen molar-refractivity contribution in [1.82, 2.24) is 19.7 Å². The molecular formula is C16H15N5OS. The molecule has 6 nitrogen and oxygen atoms in total. The van der Waals surface area contributed by atoms with E-state index in [2.05, 4.69) is 20.4 Å². The number of hydrogen-bond acceptors (Lipinski definition) is 5. The third-order valence-electron chi connectivity index (χ3n) is 3.08. The number of aromatic nitrogens is 4. The first kappa shape index (κ1) is 15.2. The number of anilines is 1. The molecule has 2 heterocycles. The molecule has 0 radical (unpaired) electrons. The number of thioether (sulfide) groups is 1. The maximum absolute atomic E-state index is 12.0. The minimum absolute atomic E-state index is 0.0640. The molecule has 0 aliphatic carbocycles. The van der Waals surface area contributed by atoms with E-state index in [0.717, 1.165) is 4.90 Å². The normalized spacial score (nSPS) is 10.5. The van der Waals surface area contributed by atoms with E-state index in [1.165, 1.54) is 23.7 Å². The van der Waals surface area contributed by atoms with Crippen LogP contribution in [-0.4, -0.2) is 31.4 Å². The lowest BCUT2D eigenvalue weighted by molar-refractivity contribution is -0.113. The van der Waals surface area contributed by atoms with Crippen molar-refractivity contribution < 1.29 is 4.79 Å². The van der Waals surface area contributed by atoms with Gasteiger partial charge in [0.2, 0.25) is 5.91 Å². The second-order valence-corrected chi connectivity index (χ2v) is 5.94. The van der Waals surface area contributed by atoms with E-state index in [9.17, 15) is 4.79 Å². The van der Waals surface area contributed by atoms with Crippen molar-refractivity contribution in [3.05, 3.63) is 60.8 Å². The van der Waals surface area contributed by atoms with E-state index in [1.807, 2.05) is 31.2 Å². The number of rotatable bonds is 5. The molecule has 3 rings (SSSR count). The van der Waals surface area contributed by atoms with Crippen molar-refractivity contribution in [1.29, 1.82) is 0 Å². The van der Waals surface area contributed by atoms with Crippen molar-refractivity contribution in [2.75, 3.05) is 11.1 Å². The topological polar surface area (TPSA) is 72.7 Å². The van der Waals surface area contributed by atoms with Gasteiger partial charge in [0.25, 0.3) is 0 Å². The summed E-state index contributed by atoms with van der Waals surface area (Å²) in [6.45, 7) is 2.04. The molecule has 2 aromatic heterocycles. The predicted molar refractivity (Wildman–Crippen MR) is 89.7 cm³/mol. The van der Waals surface area contributed by atoms with E-state index >= 15 is 0 Å². The molecule has 0 aliphatic heterocycles. The first-order valence-electron chi connectivity index (χ1n) is 7.01. The summed E-state index contributed by atoms with van der Waals surface area (Å²) in [5.74, 6) is 0.939. The highest BCUT2D eigenvalue weighted by Gasteiger charge is 2.05. The maximum Gasteiger partial charge on any atom is 0.234 e. The van der Waals surface area contributed by atoms with Gasteiger partial charge in [-0.25, -0.2) is 14.6 Å². The monoisotopic (exact) mass is 325 g/mol. The number of amides is 1. The zero-order valence-electron chi connectivity index (χ0n) is 12.5. The lowest BCUT2D eigenvalue weighted by atomic mass is 10.2. The van der Waals surface area contributed by atoms with E-state index < -0.39 is 0 Å². The van der Waals surface area contributed by atoms with Gasteiger partial charge in [0.05, 0.1) is 17.6 Å². The molecule has 1 N–H and O–H groups in total. The Morgan fingerprint density at radius 3 is 2.70 bits per heavy atom. The largest absolute Gasteiger partial charge is 0.324 e. The van der Waals surface area contributed by atoms with Crippen LogP contribution in [0.4, 0.5) is 5.69 Å². The smallest absolute Gasteiger partial charge is 0.234 e. The molecule has 23 heavy (non-hydrogen) atoms. The van der Waals surface area contributed by atoms with E-state index in [1.54, 1.807) is 29.3 Å². The fraction of sp³-hybridized carbons (Fsp3) is 0.125. The zero-order chi connectivity index (χ0) is 16.1. The third kappa shape index (κ3) is 4.17. The zero-order valence-corrected chi connectivity index (χ0v) is 13.3. The minimum atomic E-state index is -0.0640. The van der Waals surface area contributed by atoms with Gasteiger partial charge in [-0.3, -0.25) is 4.79 Å². The Balaban J connectivity index is 1.54. The molecule has 7 heteroatoms. The van der Waals surface area contributed by atoms with E-state index in [0.29, 0.717) is 17.3 Å². The van der Waals surface area contributed by atoms with Crippen LogP contribution >= 0.6 is 11.8 Å². The standard InChI is InChI=1S/C16H15N5OS/c1-12-2-5-14(6-3-12)23-9-16(22)20-13-4-7-15(18-8-13)21-11-17-10-19-21/h2-8,10-11H,9H2,1H3,(H,20,22). The van der Waals surface area contributed by atoms with Crippen LogP contribution in [-0.2, 0) is 4.79 Å². The Hall–Kier alpha value is -2.67. The summed E-state index contributed by atoms with van der Waals surface area (Å²) in [4.78, 5) is 21.2. The molecule has 1 amide bonds. The second kappa shape index (κ2) is 7.06. The second-order valence-electron chi connectivity index (χ2n) is 4.90. The molecule has 0 aliphatic rings. The number of hydrogen-bond donors (Lipinski definition) is 1. The van der Waals surface area contributed by atoms with Crippen LogP contribution in [0.15, 0.2) is 60.1 Å². The van der Waals surface area contributed by atoms with Crippen LogP contribution in [0, 0.1) is 6.92 Å². The number of benzene rings is 1.